The lowest BCUT2D eigenvalue weighted by Crippen LogP contribution is -2.22. The lowest BCUT2D eigenvalue weighted by Gasteiger charge is -2.18. The zero-order valence-electron chi connectivity index (χ0n) is 9.43. The monoisotopic (exact) mass is 252 g/mol. The van der Waals surface area contributed by atoms with E-state index in [-0.39, 0.29) is 6.04 Å². The zero-order valence-corrected chi connectivity index (χ0v) is 10.2. The average Bonchev–Trinajstić information content (AvgIpc) is 2.64. The summed E-state index contributed by atoms with van der Waals surface area (Å²) in [6, 6.07) is 0.122. The predicted octanol–water partition coefficient (Wildman–Crippen LogP) is 4.01. The van der Waals surface area contributed by atoms with E-state index in [1.54, 1.807) is 0 Å². The first-order valence-electron chi connectivity index (χ1n) is 5.14. The van der Waals surface area contributed by atoms with Crippen LogP contribution in [0.5, 0.6) is 0 Å². The van der Waals surface area contributed by atoms with E-state index in [1.807, 2.05) is 13.8 Å². The summed E-state index contributed by atoms with van der Waals surface area (Å²) in [6.07, 6.45) is -2.45. The summed E-state index contributed by atoms with van der Waals surface area (Å²) in [5, 5.41) is 3.33. The maximum Gasteiger partial charge on any atom is 0.427 e. The summed E-state index contributed by atoms with van der Waals surface area (Å²) in [4.78, 5) is 3.07. The molecule has 0 bridgehead atoms. The molecule has 2 nitrogen and oxygen atoms in total. The first kappa shape index (κ1) is 13.3. The molecule has 0 amide bonds. The minimum absolute atomic E-state index is 0.122. The topological polar surface area (TPSA) is 24.9 Å². The standard InChI is InChI=1S/C10H15F3N2S/c1-4-6(2)7(3)15-9-14-5-8(16-9)10(11,12)13/h5-7H,4H2,1-3H3,(H,14,15). The number of halogens is 3. The van der Waals surface area contributed by atoms with Crippen LogP contribution in [-0.4, -0.2) is 11.0 Å². The van der Waals surface area contributed by atoms with E-state index in [1.165, 1.54) is 0 Å². The van der Waals surface area contributed by atoms with Crippen molar-refractivity contribution in [1.82, 2.24) is 4.98 Å². The molecule has 1 aromatic heterocycles. The fourth-order valence-corrected chi connectivity index (χ4v) is 1.94. The molecule has 6 heteroatoms. The Morgan fingerprint density at radius 1 is 1.44 bits per heavy atom. The highest BCUT2D eigenvalue weighted by Crippen LogP contribution is 2.35. The van der Waals surface area contributed by atoms with Gasteiger partial charge in [0, 0.05) is 6.04 Å². The van der Waals surface area contributed by atoms with E-state index >= 15 is 0 Å². The van der Waals surface area contributed by atoms with E-state index in [2.05, 4.69) is 17.2 Å². The predicted molar refractivity (Wildman–Crippen MR) is 59.7 cm³/mol. The summed E-state index contributed by atoms with van der Waals surface area (Å²) < 4.78 is 36.9. The maximum atomic E-state index is 12.3. The molecule has 2 atom stereocenters. The number of aromatic nitrogens is 1. The minimum atomic E-state index is -4.29. The Bertz CT molecular complexity index is 335. The van der Waals surface area contributed by atoms with Crippen LogP contribution in [0.2, 0.25) is 0 Å². The van der Waals surface area contributed by atoms with Crippen LogP contribution < -0.4 is 5.32 Å². The fraction of sp³-hybridized carbons (Fsp3) is 0.700. The molecule has 1 aromatic rings. The van der Waals surface area contributed by atoms with Crippen LogP contribution >= 0.6 is 11.3 Å². The quantitative estimate of drug-likeness (QED) is 0.875. The smallest absolute Gasteiger partial charge is 0.359 e. The molecular weight excluding hydrogens is 237 g/mol. The van der Waals surface area contributed by atoms with Crippen molar-refractivity contribution in [2.75, 3.05) is 5.32 Å². The van der Waals surface area contributed by atoms with Gasteiger partial charge < -0.3 is 5.32 Å². The van der Waals surface area contributed by atoms with Crippen molar-refractivity contribution in [3.05, 3.63) is 11.1 Å². The Balaban J connectivity index is 2.66. The van der Waals surface area contributed by atoms with Crippen molar-refractivity contribution >= 4 is 16.5 Å². The van der Waals surface area contributed by atoms with Crippen molar-refractivity contribution < 1.29 is 13.2 Å². The number of nitrogens with one attached hydrogen (secondary N) is 1. The summed E-state index contributed by atoms with van der Waals surface area (Å²) in [6.45, 7) is 6.05. The number of alkyl halides is 3. The van der Waals surface area contributed by atoms with Gasteiger partial charge in [-0.15, -0.1) is 0 Å². The molecule has 92 valence electrons. The highest BCUT2D eigenvalue weighted by molar-refractivity contribution is 7.15. The number of nitrogens with zero attached hydrogens (tertiary/aromatic N) is 1. The van der Waals surface area contributed by atoms with Crippen molar-refractivity contribution in [2.45, 2.75) is 39.4 Å². The van der Waals surface area contributed by atoms with Gasteiger partial charge in [0.25, 0.3) is 0 Å². The largest absolute Gasteiger partial charge is 0.427 e. The second-order valence-corrected chi connectivity index (χ2v) is 4.88. The number of hydrogen-bond acceptors (Lipinski definition) is 3. The van der Waals surface area contributed by atoms with Crippen LogP contribution in [0.4, 0.5) is 18.3 Å². The second-order valence-electron chi connectivity index (χ2n) is 3.85. The first-order valence-corrected chi connectivity index (χ1v) is 5.95. The van der Waals surface area contributed by atoms with Gasteiger partial charge in [-0.2, -0.15) is 13.2 Å². The molecule has 16 heavy (non-hydrogen) atoms. The van der Waals surface area contributed by atoms with Crippen LogP contribution in [-0.2, 0) is 6.18 Å². The highest BCUT2D eigenvalue weighted by atomic mass is 32.1. The molecule has 0 fully saturated rings. The molecule has 0 aliphatic rings. The van der Waals surface area contributed by atoms with Crippen LogP contribution in [0.1, 0.15) is 32.1 Å². The van der Waals surface area contributed by atoms with Crippen LogP contribution in [0, 0.1) is 5.92 Å². The molecule has 0 saturated heterocycles. The molecule has 0 aromatic carbocycles. The molecule has 0 saturated carbocycles. The molecule has 1 rings (SSSR count). The van der Waals surface area contributed by atoms with E-state index in [4.69, 9.17) is 0 Å². The molecule has 2 unspecified atom stereocenters. The number of anilines is 1. The fourth-order valence-electron chi connectivity index (χ4n) is 1.16. The third-order valence-corrected chi connectivity index (χ3v) is 3.61. The van der Waals surface area contributed by atoms with Gasteiger partial charge in [-0.05, 0) is 12.8 Å². The lowest BCUT2D eigenvalue weighted by molar-refractivity contribution is -0.134. The first-order chi connectivity index (χ1) is 7.34. The zero-order chi connectivity index (χ0) is 12.3. The molecule has 0 spiro atoms. The highest BCUT2D eigenvalue weighted by Gasteiger charge is 2.33. The number of hydrogen-bond donors (Lipinski definition) is 1. The van der Waals surface area contributed by atoms with Gasteiger partial charge in [-0.1, -0.05) is 31.6 Å². The number of rotatable bonds is 4. The van der Waals surface area contributed by atoms with Crippen molar-refractivity contribution in [3.8, 4) is 0 Å². The van der Waals surface area contributed by atoms with Crippen LogP contribution in [0.15, 0.2) is 6.20 Å². The SMILES string of the molecule is CCC(C)C(C)Nc1ncc(C(F)(F)F)s1. The second kappa shape index (κ2) is 5.03. The summed E-state index contributed by atoms with van der Waals surface area (Å²) >= 11 is 0.649. The van der Waals surface area contributed by atoms with Crippen molar-refractivity contribution in [3.63, 3.8) is 0 Å². The van der Waals surface area contributed by atoms with Crippen molar-refractivity contribution in [1.29, 1.82) is 0 Å². The summed E-state index contributed by atoms with van der Waals surface area (Å²) in [5.41, 5.74) is 0. The van der Waals surface area contributed by atoms with E-state index in [0.29, 0.717) is 22.4 Å². The van der Waals surface area contributed by atoms with E-state index in [0.717, 1.165) is 12.6 Å². The Kier molecular flexibility index (Phi) is 4.18. The van der Waals surface area contributed by atoms with Gasteiger partial charge in [0.2, 0.25) is 0 Å². The molecular formula is C10H15F3N2S. The Labute approximate surface area is 96.9 Å². The average molecular weight is 252 g/mol. The van der Waals surface area contributed by atoms with E-state index < -0.39 is 11.1 Å². The third-order valence-electron chi connectivity index (χ3n) is 2.63. The summed E-state index contributed by atoms with van der Waals surface area (Å²) in [7, 11) is 0. The van der Waals surface area contributed by atoms with Gasteiger partial charge in [0.1, 0.15) is 4.88 Å². The molecule has 1 N–H and O–H groups in total. The number of thiazole rings is 1. The van der Waals surface area contributed by atoms with Gasteiger partial charge in [-0.3, -0.25) is 0 Å². The van der Waals surface area contributed by atoms with Crippen LogP contribution in [0.25, 0.3) is 0 Å². The Morgan fingerprint density at radius 2 is 2.06 bits per heavy atom. The van der Waals surface area contributed by atoms with Gasteiger partial charge in [-0.25, -0.2) is 4.98 Å². The molecule has 1 heterocycles. The van der Waals surface area contributed by atoms with Crippen LogP contribution in [0.3, 0.4) is 0 Å². The molecule has 0 aliphatic carbocycles. The minimum Gasteiger partial charge on any atom is -0.359 e. The van der Waals surface area contributed by atoms with Gasteiger partial charge >= 0.3 is 6.18 Å². The van der Waals surface area contributed by atoms with Gasteiger partial charge in [0.15, 0.2) is 5.13 Å². The summed E-state index contributed by atoms with van der Waals surface area (Å²) in [5.74, 6) is 0.401. The lowest BCUT2D eigenvalue weighted by atomic mass is 10.0. The normalized spacial score (nSPS) is 15.9. The molecule has 0 aliphatic heterocycles. The van der Waals surface area contributed by atoms with Crippen molar-refractivity contribution in [2.24, 2.45) is 5.92 Å². The Hall–Kier alpha value is -0.780. The maximum absolute atomic E-state index is 12.3. The Morgan fingerprint density at radius 3 is 2.50 bits per heavy atom. The van der Waals surface area contributed by atoms with E-state index in [9.17, 15) is 13.2 Å². The molecule has 0 radical (unpaired) electrons. The van der Waals surface area contributed by atoms with Gasteiger partial charge in [0.05, 0.1) is 6.20 Å². The third kappa shape index (κ3) is 3.37.